The van der Waals surface area contributed by atoms with Crippen LogP contribution < -0.4 is 0 Å². The average Bonchev–Trinajstić information content (AvgIpc) is 3.29. The Labute approximate surface area is 196 Å². The first kappa shape index (κ1) is 22.1. The van der Waals surface area contributed by atoms with E-state index in [0.29, 0.717) is 34.9 Å². The molecule has 7 unspecified atom stereocenters. The summed E-state index contributed by atoms with van der Waals surface area (Å²) in [5.41, 5.74) is 2.55. The minimum Gasteiger partial charge on any atom is -0.344 e. The summed E-state index contributed by atoms with van der Waals surface area (Å²) in [5.74, 6) is 2.48. The van der Waals surface area contributed by atoms with Crippen molar-refractivity contribution in [2.45, 2.75) is 123 Å². The second-order valence-electron chi connectivity index (χ2n) is 13.3. The Morgan fingerprint density at radius 2 is 1.59 bits per heavy atom. The summed E-state index contributed by atoms with van der Waals surface area (Å²) < 4.78 is 13.7. The van der Waals surface area contributed by atoms with Crippen molar-refractivity contribution in [2.24, 2.45) is 34.5 Å². The lowest BCUT2D eigenvalue weighted by molar-refractivity contribution is -0.179. The predicted octanol–water partition coefficient (Wildman–Crippen LogP) is 6.57. The van der Waals surface area contributed by atoms with Gasteiger partial charge in [-0.3, -0.25) is 0 Å². The molecular formula is C29H47NO2. The fraction of sp³-hybridized carbons (Fsp3) is 0.931. The number of ether oxygens (including phenoxy) is 2. The van der Waals surface area contributed by atoms with Crippen LogP contribution in [0.25, 0.3) is 0 Å². The number of fused-ring (bicyclic) bond motifs is 8. The summed E-state index contributed by atoms with van der Waals surface area (Å²) >= 11 is 0. The minimum absolute atomic E-state index is 0.292. The number of piperidine rings is 1. The van der Waals surface area contributed by atoms with Gasteiger partial charge in [0.15, 0.2) is 5.79 Å². The molecule has 0 amide bonds. The highest BCUT2D eigenvalue weighted by Gasteiger charge is 2.68. The smallest absolute Gasteiger partial charge is 0.163 e. The Balaban J connectivity index is 1.35. The lowest BCUT2D eigenvalue weighted by Crippen LogP contribution is -2.64. The third kappa shape index (κ3) is 3.09. The third-order valence-corrected chi connectivity index (χ3v) is 11.6. The standard InChI is InChI=1S/C29H47NO2/c1-6-19-10-11-21-24-22(13-15-28(19,21)4)29(5)14-12-20(30-16-8-7-9-17-30)18-23(29)25-26(24)32-27(2,3)31-25/h6,20-26H,7-18H2,1-5H3/b19-6-/t20?,21?,22?,23?,24?,25-,26?,28?,29-/m1/s1. The van der Waals surface area contributed by atoms with E-state index in [1.54, 1.807) is 5.57 Å². The van der Waals surface area contributed by atoms with Gasteiger partial charge >= 0.3 is 0 Å². The molecule has 0 radical (unpaired) electrons. The second kappa shape index (κ2) is 7.56. The Morgan fingerprint density at radius 1 is 0.844 bits per heavy atom. The van der Waals surface area contributed by atoms with Crippen LogP contribution in [-0.2, 0) is 9.47 Å². The summed E-state index contributed by atoms with van der Waals surface area (Å²) in [5, 5.41) is 0. The van der Waals surface area contributed by atoms with E-state index in [2.05, 4.69) is 45.6 Å². The molecule has 9 atom stereocenters. The molecule has 6 aliphatic rings. The molecule has 0 N–H and O–H groups in total. The van der Waals surface area contributed by atoms with Crippen LogP contribution in [0.4, 0.5) is 0 Å². The fourth-order valence-electron chi connectivity index (χ4n) is 10.1. The largest absolute Gasteiger partial charge is 0.344 e. The topological polar surface area (TPSA) is 21.7 Å². The Bertz CT molecular complexity index is 769. The SMILES string of the molecule is C/C=C1/CCC2C3C4OC(C)(C)O[C@@H]4C4CC(N5CCCCC5)CC[C@]4(C)C3CCC12C. The summed E-state index contributed by atoms with van der Waals surface area (Å²) in [6.45, 7) is 14.5. The molecule has 2 heterocycles. The van der Waals surface area contributed by atoms with Crippen molar-refractivity contribution in [1.29, 1.82) is 0 Å². The van der Waals surface area contributed by atoms with Crippen molar-refractivity contribution in [3.8, 4) is 0 Å². The first-order valence-corrected chi connectivity index (χ1v) is 14.0. The molecule has 0 bridgehead atoms. The van der Waals surface area contributed by atoms with Crippen LogP contribution in [0.3, 0.4) is 0 Å². The molecule has 180 valence electrons. The van der Waals surface area contributed by atoms with E-state index in [0.717, 1.165) is 17.9 Å². The van der Waals surface area contributed by atoms with Crippen molar-refractivity contribution < 1.29 is 9.47 Å². The maximum Gasteiger partial charge on any atom is 0.163 e. The van der Waals surface area contributed by atoms with Crippen LogP contribution in [0.5, 0.6) is 0 Å². The number of allylic oxidation sites excluding steroid dienone is 2. The molecule has 3 nitrogen and oxygen atoms in total. The number of hydrogen-bond donors (Lipinski definition) is 0. The zero-order chi connectivity index (χ0) is 22.3. The second-order valence-corrected chi connectivity index (χ2v) is 13.3. The van der Waals surface area contributed by atoms with Crippen LogP contribution in [0.1, 0.15) is 98.8 Å². The zero-order valence-electron chi connectivity index (χ0n) is 21.4. The van der Waals surface area contributed by atoms with Gasteiger partial charge in [-0.2, -0.15) is 0 Å². The van der Waals surface area contributed by atoms with Gasteiger partial charge in [0.25, 0.3) is 0 Å². The molecule has 3 heteroatoms. The molecule has 4 aliphatic carbocycles. The number of hydrogen-bond acceptors (Lipinski definition) is 3. The average molecular weight is 442 g/mol. The van der Waals surface area contributed by atoms with Gasteiger partial charge in [-0.1, -0.05) is 31.9 Å². The molecule has 0 aromatic rings. The van der Waals surface area contributed by atoms with E-state index in [1.165, 1.54) is 77.3 Å². The molecule has 0 aromatic heterocycles. The number of rotatable bonds is 1. The molecule has 2 saturated heterocycles. The van der Waals surface area contributed by atoms with Gasteiger partial charge in [-0.25, -0.2) is 0 Å². The van der Waals surface area contributed by atoms with Gasteiger partial charge in [0.05, 0.1) is 12.2 Å². The monoisotopic (exact) mass is 441 g/mol. The molecule has 0 aromatic carbocycles. The lowest BCUT2D eigenvalue weighted by Gasteiger charge is -2.63. The van der Waals surface area contributed by atoms with Crippen molar-refractivity contribution in [2.75, 3.05) is 13.1 Å². The van der Waals surface area contributed by atoms with E-state index >= 15 is 0 Å². The predicted molar refractivity (Wildman–Crippen MR) is 129 cm³/mol. The summed E-state index contributed by atoms with van der Waals surface area (Å²) in [7, 11) is 0. The molecule has 6 fully saturated rings. The molecular weight excluding hydrogens is 394 g/mol. The normalized spacial score (nSPS) is 54.0. The van der Waals surface area contributed by atoms with Crippen molar-refractivity contribution in [1.82, 2.24) is 4.90 Å². The van der Waals surface area contributed by atoms with Crippen LogP contribution in [0.15, 0.2) is 11.6 Å². The molecule has 6 rings (SSSR count). The van der Waals surface area contributed by atoms with Gasteiger partial charge in [0, 0.05) is 6.04 Å². The highest BCUT2D eigenvalue weighted by atomic mass is 16.8. The maximum absolute atomic E-state index is 6.86. The van der Waals surface area contributed by atoms with Crippen molar-refractivity contribution in [3.05, 3.63) is 11.6 Å². The Morgan fingerprint density at radius 3 is 2.34 bits per heavy atom. The minimum atomic E-state index is -0.431. The molecule has 4 saturated carbocycles. The van der Waals surface area contributed by atoms with Crippen LogP contribution in [0, 0.1) is 34.5 Å². The zero-order valence-corrected chi connectivity index (χ0v) is 21.4. The first-order valence-electron chi connectivity index (χ1n) is 14.0. The molecule has 2 aliphatic heterocycles. The van der Waals surface area contributed by atoms with Gasteiger partial charge in [-0.15, -0.1) is 0 Å². The van der Waals surface area contributed by atoms with E-state index < -0.39 is 5.79 Å². The van der Waals surface area contributed by atoms with Crippen molar-refractivity contribution in [3.63, 3.8) is 0 Å². The lowest BCUT2D eigenvalue weighted by atomic mass is 9.43. The van der Waals surface area contributed by atoms with Gasteiger partial charge in [0.1, 0.15) is 0 Å². The van der Waals surface area contributed by atoms with Gasteiger partial charge in [-0.05, 0) is 126 Å². The Kier molecular flexibility index (Phi) is 5.22. The summed E-state index contributed by atoms with van der Waals surface area (Å²) in [4.78, 5) is 2.85. The summed E-state index contributed by atoms with van der Waals surface area (Å²) in [6, 6.07) is 0.771. The molecule has 32 heavy (non-hydrogen) atoms. The third-order valence-electron chi connectivity index (χ3n) is 11.6. The highest BCUT2D eigenvalue weighted by Crippen LogP contribution is 2.69. The van der Waals surface area contributed by atoms with Gasteiger partial charge < -0.3 is 14.4 Å². The number of likely N-dealkylation sites (tertiary alicyclic amines) is 1. The number of nitrogens with zero attached hydrogens (tertiary/aromatic N) is 1. The van der Waals surface area contributed by atoms with E-state index in [9.17, 15) is 0 Å². The van der Waals surface area contributed by atoms with Gasteiger partial charge in [0.2, 0.25) is 0 Å². The van der Waals surface area contributed by atoms with E-state index in [-0.39, 0.29) is 0 Å². The maximum atomic E-state index is 6.86. The van der Waals surface area contributed by atoms with Crippen LogP contribution >= 0.6 is 0 Å². The van der Waals surface area contributed by atoms with E-state index in [1.807, 2.05) is 0 Å². The molecule has 0 spiro atoms. The van der Waals surface area contributed by atoms with Crippen LogP contribution in [-0.4, -0.2) is 42.0 Å². The first-order chi connectivity index (χ1) is 15.3. The fourth-order valence-corrected chi connectivity index (χ4v) is 10.1. The quantitative estimate of drug-likeness (QED) is 0.430. The van der Waals surface area contributed by atoms with E-state index in [4.69, 9.17) is 9.47 Å². The van der Waals surface area contributed by atoms with Crippen molar-refractivity contribution >= 4 is 0 Å². The highest BCUT2D eigenvalue weighted by molar-refractivity contribution is 5.25. The van der Waals surface area contributed by atoms with Crippen LogP contribution in [0.2, 0.25) is 0 Å². The Hall–Kier alpha value is -0.380. The summed E-state index contributed by atoms with van der Waals surface area (Å²) in [6.07, 6.45) is 16.8.